The lowest BCUT2D eigenvalue weighted by Crippen LogP contribution is -2.42. The highest BCUT2D eigenvalue weighted by Gasteiger charge is 2.29. The maximum Gasteiger partial charge on any atom is 0.221 e. The van der Waals surface area contributed by atoms with E-state index in [1.54, 1.807) is 30.3 Å². The molecule has 1 amide bonds. The fourth-order valence-electron chi connectivity index (χ4n) is 3.26. The molecular formula is C22H24FN3O. The lowest BCUT2D eigenvalue weighted by Gasteiger charge is -2.40. The molecule has 2 aromatic carbocycles. The maximum atomic E-state index is 14.7. The first kappa shape index (κ1) is 18.8. The highest BCUT2D eigenvalue weighted by atomic mass is 19.1. The molecule has 2 aromatic rings. The van der Waals surface area contributed by atoms with Crippen LogP contribution in [0.15, 0.2) is 47.5 Å². The number of halogens is 1. The van der Waals surface area contributed by atoms with Gasteiger partial charge in [0, 0.05) is 42.7 Å². The minimum absolute atomic E-state index is 0.126. The molecule has 0 fully saturated rings. The normalized spacial score (nSPS) is 15.5. The Morgan fingerprint density at radius 2 is 1.89 bits per heavy atom. The summed E-state index contributed by atoms with van der Waals surface area (Å²) >= 11 is 0. The number of rotatable bonds is 3. The van der Waals surface area contributed by atoms with E-state index >= 15 is 0 Å². The van der Waals surface area contributed by atoms with Gasteiger partial charge in [-0.1, -0.05) is 6.08 Å². The summed E-state index contributed by atoms with van der Waals surface area (Å²) in [4.78, 5) is 17.5. The van der Waals surface area contributed by atoms with Crippen LogP contribution in [0.3, 0.4) is 0 Å². The number of aliphatic imine (C=N–C) groups is 1. The Bertz CT molecular complexity index is 943. The minimum atomic E-state index is -0.301. The number of amides is 1. The summed E-state index contributed by atoms with van der Waals surface area (Å²) in [6.07, 6.45) is 3.73. The molecular weight excluding hydrogens is 341 g/mol. The number of hydrogen-bond donors (Lipinski definition) is 1. The third-order valence-electron chi connectivity index (χ3n) is 4.88. The second kappa shape index (κ2) is 6.99. The van der Waals surface area contributed by atoms with Crippen molar-refractivity contribution in [3.8, 4) is 0 Å². The zero-order valence-corrected chi connectivity index (χ0v) is 16.3. The van der Waals surface area contributed by atoms with Crippen LogP contribution in [0.1, 0.15) is 38.8 Å². The Labute approximate surface area is 159 Å². The number of hydrogen-bond acceptors (Lipinski definition) is 3. The van der Waals surface area contributed by atoms with Crippen molar-refractivity contribution in [1.29, 1.82) is 0 Å². The largest absolute Gasteiger partial charge is 0.365 e. The number of carbonyl (C=O) groups is 1. The van der Waals surface area contributed by atoms with E-state index in [1.165, 1.54) is 13.1 Å². The van der Waals surface area contributed by atoms with Crippen molar-refractivity contribution in [3.05, 3.63) is 59.4 Å². The summed E-state index contributed by atoms with van der Waals surface area (Å²) in [5, 5.41) is 2.70. The molecule has 0 bridgehead atoms. The molecule has 0 unspecified atom stereocenters. The van der Waals surface area contributed by atoms with E-state index in [1.807, 2.05) is 20.0 Å². The summed E-state index contributed by atoms with van der Waals surface area (Å²) in [7, 11) is 1.98. The van der Waals surface area contributed by atoms with Crippen LogP contribution < -0.4 is 10.2 Å². The molecule has 140 valence electrons. The fourth-order valence-corrected chi connectivity index (χ4v) is 3.26. The van der Waals surface area contributed by atoms with Gasteiger partial charge in [0.15, 0.2) is 0 Å². The summed E-state index contributed by atoms with van der Waals surface area (Å²) in [6, 6.07) is 10.5. The topological polar surface area (TPSA) is 44.7 Å². The molecule has 0 aromatic heterocycles. The van der Waals surface area contributed by atoms with Crippen LogP contribution in [-0.2, 0) is 4.79 Å². The number of nitrogens with one attached hydrogen (secondary N) is 1. The van der Waals surface area contributed by atoms with Gasteiger partial charge in [0.25, 0.3) is 0 Å². The van der Waals surface area contributed by atoms with Gasteiger partial charge in [-0.2, -0.15) is 0 Å². The van der Waals surface area contributed by atoms with Crippen LogP contribution in [-0.4, -0.2) is 24.7 Å². The van der Waals surface area contributed by atoms with E-state index in [2.05, 4.69) is 35.1 Å². The number of benzene rings is 2. The van der Waals surface area contributed by atoms with Gasteiger partial charge in [0.05, 0.1) is 11.2 Å². The number of allylic oxidation sites excluding steroid dienone is 1. The second-order valence-corrected chi connectivity index (χ2v) is 7.42. The number of likely N-dealkylation sites (N-methyl/N-ethyl adjacent to an activating group) is 1. The van der Waals surface area contributed by atoms with Crippen molar-refractivity contribution in [2.75, 3.05) is 17.3 Å². The molecule has 1 N–H and O–H groups in total. The van der Waals surface area contributed by atoms with Crippen molar-refractivity contribution in [2.24, 2.45) is 4.99 Å². The standard InChI is InChI=1S/C22H24FN3O/c1-14-12-22(3,4)26(5)21-11-20(23)16(10-19(14)21)13-24-17-6-8-18(9-7-17)25-15(2)27/h6-13H,1-5H3,(H,25,27). The lowest BCUT2D eigenvalue weighted by atomic mass is 9.88. The van der Waals surface area contributed by atoms with E-state index in [9.17, 15) is 9.18 Å². The van der Waals surface area contributed by atoms with Crippen LogP contribution >= 0.6 is 0 Å². The van der Waals surface area contributed by atoms with Gasteiger partial charge in [0.2, 0.25) is 5.91 Å². The number of nitrogens with zero attached hydrogens (tertiary/aromatic N) is 2. The van der Waals surface area contributed by atoms with E-state index < -0.39 is 0 Å². The first-order valence-corrected chi connectivity index (χ1v) is 8.86. The first-order valence-electron chi connectivity index (χ1n) is 8.86. The van der Waals surface area contributed by atoms with Gasteiger partial charge >= 0.3 is 0 Å². The molecule has 27 heavy (non-hydrogen) atoms. The summed E-state index contributed by atoms with van der Waals surface area (Å²) in [6.45, 7) is 7.72. The van der Waals surface area contributed by atoms with Crippen LogP contribution in [0.25, 0.3) is 5.57 Å². The average molecular weight is 365 g/mol. The highest BCUT2D eigenvalue weighted by molar-refractivity contribution is 5.90. The zero-order chi connectivity index (χ0) is 19.8. The fraction of sp³-hybridized carbons (Fsp3) is 0.273. The third-order valence-corrected chi connectivity index (χ3v) is 4.88. The van der Waals surface area contributed by atoms with Crippen molar-refractivity contribution in [3.63, 3.8) is 0 Å². The Balaban J connectivity index is 1.89. The van der Waals surface area contributed by atoms with Crippen LogP contribution in [0.2, 0.25) is 0 Å². The Morgan fingerprint density at radius 3 is 2.52 bits per heavy atom. The van der Waals surface area contributed by atoms with Crippen molar-refractivity contribution < 1.29 is 9.18 Å². The maximum absolute atomic E-state index is 14.7. The molecule has 0 spiro atoms. The van der Waals surface area contributed by atoms with Gasteiger partial charge in [-0.25, -0.2) is 4.39 Å². The predicted octanol–water partition coefficient (Wildman–Crippen LogP) is 5.17. The van der Waals surface area contributed by atoms with Gasteiger partial charge in [-0.3, -0.25) is 9.79 Å². The number of carbonyl (C=O) groups excluding carboxylic acids is 1. The Morgan fingerprint density at radius 1 is 1.22 bits per heavy atom. The first-order chi connectivity index (χ1) is 12.7. The second-order valence-electron chi connectivity index (χ2n) is 7.42. The predicted molar refractivity (Wildman–Crippen MR) is 111 cm³/mol. The van der Waals surface area contributed by atoms with E-state index in [0.717, 1.165) is 16.8 Å². The third kappa shape index (κ3) is 3.92. The molecule has 0 saturated heterocycles. The van der Waals surface area contributed by atoms with Crippen LogP contribution in [0.4, 0.5) is 21.5 Å². The van der Waals surface area contributed by atoms with Gasteiger partial charge in [0.1, 0.15) is 5.82 Å². The molecule has 0 atom stereocenters. The molecule has 1 heterocycles. The smallest absolute Gasteiger partial charge is 0.221 e. The minimum Gasteiger partial charge on any atom is -0.365 e. The average Bonchev–Trinajstić information content (AvgIpc) is 2.59. The molecule has 3 rings (SSSR count). The number of fused-ring (bicyclic) bond motifs is 1. The Hall–Kier alpha value is -2.95. The molecule has 4 nitrogen and oxygen atoms in total. The van der Waals surface area contributed by atoms with Crippen LogP contribution in [0, 0.1) is 5.82 Å². The van der Waals surface area contributed by atoms with Crippen molar-refractivity contribution in [1.82, 2.24) is 0 Å². The Kier molecular flexibility index (Phi) is 4.87. The molecule has 0 radical (unpaired) electrons. The summed E-state index contributed by atoms with van der Waals surface area (Å²) in [5.41, 5.74) is 4.70. The number of anilines is 2. The van der Waals surface area contributed by atoms with E-state index in [4.69, 9.17) is 0 Å². The van der Waals surface area contributed by atoms with E-state index in [0.29, 0.717) is 16.9 Å². The monoisotopic (exact) mass is 365 g/mol. The highest BCUT2D eigenvalue weighted by Crippen LogP contribution is 2.38. The van der Waals surface area contributed by atoms with Gasteiger partial charge < -0.3 is 10.2 Å². The molecule has 0 saturated carbocycles. The zero-order valence-electron chi connectivity index (χ0n) is 16.3. The van der Waals surface area contributed by atoms with Gasteiger partial charge in [-0.05, 0) is 62.7 Å². The van der Waals surface area contributed by atoms with Gasteiger partial charge in [-0.15, -0.1) is 0 Å². The molecule has 1 aliphatic heterocycles. The summed E-state index contributed by atoms with van der Waals surface area (Å²) in [5.74, 6) is -0.427. The summed E-state index contributed by atoms with van der Waals surface area (Å²) < 4.78 is 14.7. The lowest BCUT2D eigenvalue weighted by molar-refractivity contribution is -0.114. The van der Waals surface area contributed by atoms with Crippen molar-refractivity contribution in [2.45, 2.75) is 33.2 Å². The molecule has 1 aliphatic rings. The van der Waals surface area contributed by atoms with Crippen molar-refractivity contribution >= 4 is 34.8 Å². The molecule has 5 heteroatoms. The SMILES string of the molecule is CC(=O)Nc1ccc(N=Cc2cc3c(cc2F)N(C)C(C)(C)C=C3C)cc1. The van der Waals surface area contributed by atoms with E-state index in [-0.39, 0.29) is 17.3 Å². The van der Waals surface area contributed by atoms with Crippen LogP contribution in [0.5, 0.6) is 0 Å². The quantitative estimate of drug-likeness (QED) is 0.763. The molecule has 0 aliphatic carbocycles.